The van der Waals surface area contributed by atoms with Gasteiger partial charge >= 0.3 is 5.97 Å². The smallest absolute Gasteiger partial charge is 0.328 e. The predicted octanol–water partition coefficient (Wildman–Crippen LogP) is 3.12. The Morgan fingerprint density at radius 1 is 1.15 bits per heavy atom. The minimum atomic E-state index is -0.958. The van der Waals surface area contributed by atoms with Gasteiger partial charge in [0.25, 0.3) is 0 Å². The third-order valence-corrected chi connectivity index (χ3v) is 3.01. The summed E-state index contributed by atoms with van der Waals surface area (Å²) in [7, 11) is 0. The molecule has 0 saturated carbocycles. The van der Waals surface area contributed by atoms with Crippen molar-refractivity contribution in [2.24, 2.45) is 0 Å². The van der Waals surface area contributed by atoms with Crippen LogP contribution in [0.2, 0.25) is 0 Å². The molecule has 0 radical (unpaired) electrons. The van der Waals surface area contributed by atoms with E-state index in [0.29, 0.717) is 0 Å². The summed E-state index contributed by atoms with van der Waals surface area (Å²) in [6.07, 6.45) is 4.51. The van der Waals surface area contributed by atoms with Crippen LogP contribution in [0, 0.1) is 0 Å². The Morgan fingerprint density at radius 3 is 2.85 bits per heavy atom. The second-order valence-electron chi connectivity index (χ2n) is 4.38. The normalized spacial score (nSPS) is 11.2. The van der Waals surface area contributed by atoms with E-state index < -0.39 is 5.97 Å². The molecule has 0 spiro atoms. The van der Waals surface area contributed by atoms with Crippen molar-refractivity contribution in [3.63, 3.8) is 0 Å². The van der Waals surface area contributed by atoms with Crippen molar-refractivity contribution in [3.8, 4) is 5.69 Å². The number of carbonyl (C=O) groups is 1. The Morgan fingerprint density at radius 2 is 2.00 bits per heavy atom. The fourth-order valence-electron chi connectivity index (χ4n) is 2.11. The molecule has 0 unspecified atom stereocenters. The highest BCUT2D eigenvalue weighted by atomic mass is 16.4. The number of aromatic nitrogens is 2. The van der Waals surface area contributed by atoms with E-state index in [4.69, 9.17) is 5.11 Å². The molecule has 0 fully saturated rings. The number of carboxylic acids is 1. The van der Waals surface area contributed by atoms with Crippen LogP contribution in [0.3, 0.4) is 0 Å². The van der Waals surface area contributed by atoms with Crippen molar-refractivity contribution in [2.75, 3.05) is 0 Å². The van der Waals surface area contributed by atoms with Crippen LogP contribution in [-0.2, 0) is 4.79 Å². The third kappa shape index (κ3) is 2.31. The van der Waals surface area contributed by atoms with Gasteiger partial charge in [-0.15, -0.1) is 0 Å². The van der Waals surface area contributed by atoms with Gasteiger partial charge in [-0.05, 0) is 29.8 Å². The molecule has 98 valence electrons. The highest BCUT2D eigenvalue weighted by molar-refractivity contribution is 5.85. The van der Waals surface area contributed by atoms with E-state index in [9.17, 15) is 4.79 Å². The predicted molar refractivity (Wildman–Crippen MR) is 77.7 cm³/mol. The first-order valence-electron chi connectivity index (χ1n) is 6.18. The van der Waals surface area contributed by atoms with Crippen LogP contribution in [0.1, 0.15) is 5.56 Å². The first kappa shape index (κ1) is 12.2. The fraction of sp³-hybridized carbons (Fsp3) is 0. The maximum absolute atomic E-state index is 10.6. The zero-order valence-corrected chi connectivity index (χ0v) is 10.6. The summed E-state index contributed by atoms with van der Waals surface area (Å²) in [6.45, 7) is 0. The first-order valence-corrected chi connectivity index (χ1v) is 6.18. The maximum Gasteiger partial charge on any atom is 0.328 e. The van der Waals surface area contributed by atoms with E-state index in [1.54, 1.807) is 6.08 Å². The van der Waals surface area contributed by atoms with E-state index in [-0.39, 0.29) is 0 Å². The summed E-state index contributed by atoms with van der Waals surface area (Å²) in [4.78, 5) is 10.6. The number of aliphatic carboxylic acids is 1. The van der Waals surface area contributed by atoms with E-state index in [1.807, 2.05) is 59.4 Å². The van der Waals surface area contributed by atoms with E-state index in [2.05, 4.69) is 5.10 Å². The van der Waals surface area contributed by atoms with Crippen LogP contribution in [0.5, 0.6) is 0 Å². The van der Waals surface area contributed by atoms with E-state index >= 15 is 0 Å². The highest BCUT2D eigenvalue weighted by Gasteiger charge is 2.04. The number of fused-ring (bicyclic) bond motifs is 1. The minimum Gasteiger partial charge on any atom is -0.478 e. The number of hydrogen-bond acceptors (Lipinski definition) is 2. The van der Waals surface area contributed by atoms with E-state index in [0.717, 1.165) is 28.2 Å². The van der Waals surface area contributed by atoms with Crippen LogP contribution in [-0.4, -0.2) is 20.9 Å². The van der Waals surface area contributed by atoms with Gasteiger partial charge in [0.2, 0.25) is 0 Å². The van der Waals surface area contributed by atoms with Gasteiger partial charge in [0.15, 0.2) is 0 Å². The van der Waals surface area contributed by atoms with Crippen LogP contribution in [0.4, 0.5) is 0 Å². The lowest BCUT2D eigenvalue weighted by molar-refractivity contribution is -0.131. The van der Waals surface area contributed by atoms with Crippen molar-refractivity contribution >= 4 is 22.9 Å². The average Bonchev–Trinajstić information content (AvgIpc) is 2.89. The van der Waals surface area contributed by atoms with Gasteiger partial charge in [0.05, 0.1) is 17.4 Å². The minimum absolute atomic E-state index is 0.824. The molecule has 0 atom stereocenters. The molecule has 3 aromatic rings. The largest absolute Gasteiger partial charge is 0.478 e. The van der Waals surface area contributed by atoms with E-state index in [1.165, 1.54) is 0 Å². The number of rotatable bonds is 3. The van der Waals surface area contributed by atoms with Gasteiger partial charge in [-0.1, -0.05) is 30.3 Å². The molecule has 3 rings (SSSR count). The summed E-state index contributed by atoms with van der Waals surface area (Å²) >= 11 is 0. The standard InChI is InChI=1S/C16H12N2O2/c19-16(20)9-8-12-4-3-6-14(10-12)18-15-7-2-1-5-13(15)11-17-18/h1-11H,(H,19,20). The summed E-state index contributed by atoms with van der Waals surface area (Å²) in [6, 6.07) is 15.5. The lowest BCUT2D eigenvalue weighted by atomic mass is 10.2. The average molecular weight is 264 g/mol. The third-order valence-electron chi connectivity index (χ3n) is 3.01. The van der Waals surface area contributed by atoms with Crippen LogP contribution >= 0.6 is 0 Å². The van der Waals surface area contributed by atoms with Gasteiger partial charge in [0, 0.05) is 11.5 Å². The number of nitrogens with zero attached hydrogens (tertiary/aromatic N) is 2. The SMILES string of the molecule is O=C(O)C=Cc1cccc(-n2ncc3ccccc32)c1. The zero-order chi connectivity index (χ0) is 13.9. The van der Waals surface area contributed by atoms with Crippen LogP contribution < -0.4 is 0 Å². The first-order chi connectivity index (χ1) is 9.74. The Hall–Kier alpha value is -2.88. The van der Waals surface area contributed by atoms with Crippen molar-refractivity contribution in [1.29, 1.82) is 0 Å². The molecule has 0 aliphatic heterocycles. The van der Waals surface area contributed by atoms with Crippen LogP contribution in [0.15, 0.2) is 60.8 Å². The summed E-state index contributed by atoms with van der Waals surface area (Å²) in [5, 5.41) is 14.1. The topological polar surface area (TPSA) is 55.1 Å². The molecule has 20 heavy (non-hydrogen) atoms. The number of para-hydroxylation sites is 1. The Bertz CT molecular complexity index is 803. The van der Waals surface area contributed by atoms with Gasteiger partial charge in [-0.25, -0.2) is 9.48 Å². The fourth-order valence-corrected chi connectivity index (χ4v) is 2.11. The molecule has 4 nitrogen and oxygen atoms in total. The molecule has 1 aromatic heterocycles. The quantitative estimate of drug-likeness (QED) is 0.739. The Balaban J connectivity index is 2.06. The summed E-state index contributed by atoms with van der Waals surface area (Å²) in [5.41, 5.74) is 2.75. The Labute approximate surface area is 115 Å². The van der Waals surface area contributed by atoms with Gasteiger partial charge < -0.3 is 5.11 Å². The molecular formula is C16H12N2O2. The maximum atomic E-state index is 10.6. The van der Waals surface area contributed by atoms with Gasteiger partial charge in [0.1, 0.15) is 0 Å². The lowest BCUT2D eigenvalue weighted by Crippen LogP contribution is -1.96. The summed E-state index contributed by atoms with van der Waals surface area (Å²) < 4.78 is 1.84. The number of hydrogen-bond donors (Lipinski definition) is 1. The lowest BCUT2D eigenvalue weighted by Gasteiger charge is -2.04. The molecule has 0 bridgehead atoms. The van der Waals surface area contributed by atoms with Crippen molar-refractivity contribution in [3.05, 3.63) is 66.4 Å². The second kappa shape index (κ2) is 5.01. The van der Waals surface area contributed by atoms with Crippen molar-refractivity contribution < 1.29 is 9.90 Å². The molecule has 0 amide bonds. The van der Waals surface area contributed by atoms with Gasteiger partial charge in [-0.3, -0.25) is 0 Å². The molecule has 2 aromatic carbocycles. The van der Waals surface area contributed by atoms with Gasteiger partial charge in [-0.2, -0.15) is 5.10 Å². The van der Waals surface area contributed by atoms with Crippen LogP contribution in [0.25, 0.3) is 22.7 Å². The molecule has 0 aliphatic rings. The molecule has 0 saturated heterocycles. The highest BCUT2D eigenvalue weighted by Crippen LogP contribution is 2.19. The van der Waals surface area contributed by atoms with Crippen molar-refractivity contribution in [1.82, 2.24) is 9.78 Å². The molecule has 1 N–H and O–H groups in total. The molecule has 0 aliphatic carbocycles. The molecule has 1 heterocycles. The molecule has 4 heteroatoms. The second-order valence-corrected chi connectivity index (χ2v) is 4.38. The van der Waals surface area contributed by atoms with Crippen molar-refractivity contribution in [2.45, 2.75) is 0 Å². The zero-order valence-electron chi connectivity index (χ0n) is 10.6. The number of carboxylic acid groups (broad SMARTS) is 1. The Kier molecular flexibility index (Phi) is 3.05. The monoisotopic (exact) mass is 264 g/mol. The summed E-state index contributed by atoms with van der Waals surface area (Å²) in [5.74, 6) is -0.958. The number of benzene rings is 2. The molecular weight excluding hydrogens is 252 g/mol.